The number of para-hydroxylation sites is 2. The number of carbonyl (C=O) groups excluding carboxylic acids is 1. The Balaban J connectivity index is 2.03. The molecule has 116 valence electrons. The molecule has 23 heavy (non-hydrogen) atoms. The fourth-order valence-corrected chi connectivity index (χ4v) is 2.22. The van der Waals surface area contributed by atoms with E-state index in [1.807, 2.05) is 0 Å². The first kappa shape index (κ1) is 14.8. The molecule has 0 aliphatic rings. The monoisotopic (exact) mass is 312 g/mol. The molecule has 0 atom stereocenters. The first-order valence-electron chi connectivity index (χ1n) is 6.81. The van der Waals surface area contributed by atoms with Crippen molar-refractivity contribution in [2.75, 3.05) is 12.4 Å². The summed E-state index contributed by atoms with van der Waals surface area (Å²) in [5.41, 5.74) is 0.106. The summed E-state index contributed by atoms with van der Waals surface area (Å²) in [7, 11) is 1.49. The third-order valence-electron chi connectivity index (χ3n) is 3.34. The van der Waals surface area contributed by atoms with Gasteiger partial charge in [0.05, 0.1) is 12.8 Å². The number of methoxy groups -OCH3 is 1. The van der Waals surface area contributed by atoms with Gasteiger partial charge >= 0.3 is 0 Å². The van der Waals surface area contributed by atoms with Crippen LogP contribution in [0.5, 0.6) is 5.75 Å². The second kappa shape index (κ2) is 5.92. The van der Waals surface area contributed by atoms with E-state index >= 15 is 0 Å². The average Bonchev–Trinajstić information content (AvgIpc) is 2.55. The molecule has 6 heteroatoms. The molecule has 0 fully saturated rings. The summed E-state index contributed by atoms with van der Waals surface area (Å²) in [6.45, 7) is 0. The minimum Gasteiger partial charge on any atom is -0.493 e. The highest BCUT2D eigenvalue weighted by atomic mass is 19.1. The Hall–Kier alpha value is -3.15. The lowest BCUT2D eigenvalue weighted by atomic mass is 10.1. The van der Waals surface area contributed by atoms with E-state index < -0.39 is 11.7 Å². The molecule has 0 saturated heterocycles. The molecule has 0 bridgehead atoms. The van der Waals surface area contributed by atoms with E-state index in [1.165, 1.54) is 31.4 Å². The molecular formula is C17H13FN2O3. The van der Waals surface area contributed by atoms with Crippen molar-refractivity contribution < 1.29 is 18.3 Å². The molecule has 3 rings (SSSR count). The minimum absolute atomic E-state index is 0.00834. The molecule has 0 aliphatic carbocycles. The van der Waals surface area contributed by atoms with Crippen molar-refractivity contribution in [3.8, 4) is 5.75 Å². The van der Waals surface area contributed by atoms with Crippen molar-refractivity contribution in [3.63, 3.8) is 0 Å². The summed E-state index contributed by atoms with van der Waals surface area (Å²) in [5.74, 6) is -0.697. The van der Waals surface area contributed by atoms with Crippen LogP contribution in [-0.2, 0) is 0 Å². The smallest absolute Gasteiger partial charge is 0.261 e. The molecule has 3 aromatic rings. The number of hydrogen-bond acceptors (Lipinski definition) is 4. The second-order valence-corrected chi connectivity index (χ2v) is 4.80. The van der Waals surface area contributed by atoms with Gasteiger partial charge in [-0.2, -0.15) is 0 Å². The molecular weight excluding hydrogens is 299 g/mol. The SMILES string of the molecule is COc1cccc2cc(C(=O)Nc3ccccc3F)c(=N)oc12. The number of rotatable bonds is 3. The molecule has 2 N–H and O–H groups in total. The van der Waals surface area contributed by atoms with Gasteiger partial charge in [0.25, 0.3) is 5.91 Å². The lowest BCUT2D eigenvalue weighted by Gasteiger charge is -2.08. The summed E-state index contributed by atoms with van der Waals surface area (Å²) >= 11 is 0. The Morgan fingerprint density at radius 1 is 1.22 bits per heavy atom. The number of anilines is 1. The van der Waals surface area contributed by atoms with Crippen LogP contribution in [-0.4, -0.2) is 13.0 Å². The van der Waals surface area contributed by atoms with Gasteiger partial charge in [0.2, 0.25) is 5.55 Å². The highest BCUT2D eigenvalue weighted by Gasteiger charge is 2.15. The Bertz CT molecular complexity index is 950. The van der Waals surface area contributed by atoms with Gasteiger partial charge in [-0.05, 0) is 24.3 Å². The maximum atomic E-state index is 13.6. The zero-order valence-electron chi connectivity index (χ0n) is 12.2. The quantitative estimate of drug-likeness (QED) is 0.779. The summed E-state index contributed by atoms with van der Waals surface area (Å²) in [6, 6.07) is 12.5. The first-order valence-corrected chi connectivity index (χ1v) is 6.81. The Morgan fingerprint density at radius 3 is 2.74 bits per heavy atom. The van der Waals surface area contributed by atoms with Crippen molar-refractivity contribution in [2.24, 2.45) is 0 Å². The average molecular weight is 312 g/mol. The number of halogens is 1. The van der Waals surface area contributed by atoms with Crippen LogP contribution in [0.3, 0.4) is 0 Å². The topological polar surface area (TPSA) is 75.3 Å². The molecule has 1 aromatic heterocycles. The molecule has 2 aromatic carbocycles. The normalized spacial score (nSPS) is 10.5. The number of carbonyl (C=O) groups is 1. The third kappa shape index (κ3) is 2.78. The van der Waals surface area contributed by atoms with E-state index in [2.05, 4.69) is 5.32 Å². The van der Waals surface area contributed by atoms with Crippen molar-refractivity contribution in [1.29, 1.82) is 5.41 Å². The van der Waals surface area contributed by atoms with Crippen LogP contribution in [0.1, 0.15) is 10.4 Å². The van der Waals surface area contributed by atoms with Crippen LogP contribution in [0, 0.1) is 11.2 Å². The van der Waals surface area contributed by atoms with Crippen LogP contribution >= 0.6 is 0 Å². The lowest BCUT2D eigenvalue weighted by molar-refractivity contribution is 0.102. The summed E-state index contributed by atoms with van der Waals surface area (Å²) in [5, 5.41) is 10.9. The second-order valence-electron chi connectivity index (χ2n) is 4.80. The van der Waals surface area contributed by atoms with Crippen LogP contribution in [0.15, 0.2) is 52.9 Å². The number of hydrogen-bond donors (Lipinski definition) is 2. The van der Waals surface area contributed by atoms with Crippen LogP contribution in [0.25, 0.3) is 11.0 Å². The highest BCUT2D eigenvalue weighted by Crippen LogP contribution is 2.24. The van der Waals surface area contributed by atoms with E-state index in [0.29, 0.717) is 16.7 Å². The van der Waals surface area contributed by atoms with E-state index in [0.717, 1.165) is 0 Å². The van der Waals surface area contributed by atoms with Gasteiger partial charge in [0.1, 0.15) is 11.4 Å². The Kier molecular flexibility index (Phi) is 3.80. The molecule has 0 saturated carbocycles. The van der Waals surface area contributed by atoms with Gasteiger partial charge < -0.3 is 14.5 Å². The molecule has 0 aliphatic heterocycles. The molecule has 1 amide bonds. The van der Waals surface area contributed by atoms with E-state index in [9.17, 15) is 9.18 Å². The minimum atomic E-state index is -0.617. The van der Waals surface area contributed by atoms with Crippen molar-refractivity contribution in [2.45, 2.75) is 0 Å². The molecule has 1 heterocycles. The highest BCUT2D eigenvalue weighted by molar-refractivity contribution is 6.05. The molecule has 0 spiro atoms. The number of nitrogens with one attached hydrogen (secondary N) is 2. The number of benzene rings is 2. The standard InChI is InChI=1S/C17H13FN2O3/c1-22-14-8-4-5-10-9-11(16(19)23-15(10)14)17(21)20-13-7-3-2-6-12(13)18/h2-9,19H,1H3,(H,20,21). The molecule has 5 nitrogen and oxygen atoms in total. The number of ether oxygens (including phenoxy) is 1. The van der Waals surface area contributed by atoms with Crippen molar-refractivity contribution in [1.82, 2.24) is 0 Å². The number of amides is 1. The first-order chi connectivity index (χ1) is 11.1. The summed E-state index contributed by atoms with van der Waals surface area (Å²) in [6.07, 6.45) is 0. The van der Waals surface area contributed by atoms with Gasteiger partial charge in [0.15, 0.2) is 11.3 Å². The molecule has 0 radical (unpaired) electrons. The van der Waals surface area contributed by atoms with E-state index in [-0.39, 0.29) is 16.8 Å². The zero-order chi connectivity index (χ0) is 16.4. The van der Waals surface area contributed by atoms with Crippen LogP contribution in [0.4, 0.5) is 10.1 Å². The van der Waals surface area contributed by atoms with Crippen molar-refractivity contribution >= 4 is 22.6 Å². The van der Waals surface area contributed by atoms with Crippen molar-refractivity contribution in [3.05, 3.63) is 65.5 Å². The van der Waals surface area contributed by atoms with Gasteiger partial charge in [-0.3, -0.25) is 10.2 Å². The maximum absolute atomic E-state index is 13.6. The predicted molar refractivity (Wildman–Crippen MR) is 83.0 cm³/mol. The summed E-state index contributed by atoms with van der Waals surface area (Å²) in [4.78, 5) is 12.3. The summed E-state index contributed by atoms with van der Waals surface area (Å²) < 4.78 is 24.2. The van der Waals surface area contributed by atoms with Crippen LogP contribution in [0.2, 0.25) is 0 Å². The maximum Gasteiger partial charge on any atom is 0.261 e. The van der Waals surface area contributed by atoms with E-state index in [4.69, 9.17) is 14.6 Å². The number of fused-ring (bicyclic) bond motifs is 1. The predicted octanol–water partition coefficient (Wildman–Crippen LogP) is 3.31. The Morgan fingerprint density at radius 2 is 2.00 bits per heavy atom. The zero-order valence-corrected chi connectivity index (χ0v) is 12.2. The van der Waals surface area contributed by atoms with Crippen LogP contribution < -0.4 is 15.6 Å². The molecule has 0 unspecified atom stereocenters. The fourth-order valence-electron chi connectivity index (χ4n) is 2.22. The van der Waals surface area contributed by atoms with Gasteiger partial charge in [-0.15, -0.1) is 0 Å². The third-order valence-corrected chi connectivity index (χ3v) is 3.34. The Labute approximate surface area is 130 Å². The van der Waals surface area contributed by atoms with Gasteiger partial charge in [-0.1, -0.05) is 24.3 Å². The van der Waals surface area contributed by atoms with Gasteiger partial charge in [-0.25, -0.2) is 4.39 Å². The largest absolute Gasteiger partial charge is 0.493 e. The van der Waals surface area contributed by atoms with E-state index in [1.54, 1.807) is 24.3 Å². The fraction of sp³-hybridized carbons (Fsp3) is 0.0588. The lowest BCUT2D eigenvalue weighted by Crippen LogP contribution is -2.21. The van der Waals surface area contributed by atoms with Gasteiger partial charge in [0, 0.05) is 5.39 Å².